The standard InChI is InChI=1S/C29H33BNO2.Ir/c1-6-20(3)18-32-28-12-11-24(16-29(28)33-19-21(4)7-2)25-13-23(17-30)14-26(15-25)27-10-8-9-22(5)31-27;/h5,8-13,15-16,20-21H,6-7,17-19H2,1-4H3;/q-1;. The summed E-state index contributed by atoms with van der Waals surface area (Å²) >= 11 is 0. The van der Waals surface area contributed by atoms with Crippen LogP contribution in [-0.2, 0) is 26.4 Å². The van der Waals surface area contributed by atoms with E-state index in [1.165, 1.54) is 0 Å². The molecule has 5 heteroatoms. The van der Waals surface area contributed by atoms with Crippen LogP contribution in [0.3, 0.4) is 0 Å². The number of aromatic nitrogens is 1. The molecule has 0 bridgehead atoms. The van der Waals surface area contributed by atoms with Gasteiger partial charge in [-0.2, -0.15) is 0 Å². The number of rotatable bonds is 11. The van der Waals surface area contributed by atoms with Crippen LogP contribution >= 0.6 is 0 Å². The number of nitrogens with zero attached hydrogens (tertiary/aromatic N) is 1. The second-order valence-corrected chi connectivity index (χ2v) is 8.77. The van der Waals surface area contributed by atoms with Gasteiger partial charge in [0.05, 0.1) is 21.1 Å². The van der Waals surface area contributed by atoms with Crippen LogP contribution in [0, 0.1) is 24.8 Å². The quantitative estimate of drug-likeness (QED) is 0.173. The Balaban J connectivity index is 0.00000408. The Bertz CT molecular complexity index is 1060. The van der Waals surface area contributed by atoms with Crippen molar-refractivity contribution in [1.29, 1.82) is 0 Å². The summed E-state index contributed by atoms with van der Waals surface area (Å²) in [6, 6.07) is 19.2. The van der Waals surface area contributed by atoms with Crippen LogP contribution in [-0.4, -0.2) is 26.0 Å². The number of pyridine rings is 1. The molecule has 0 spiro atoms. The van der Waals surface area contributed by atoms with E-state index in [1.54, 1.807) is 6.07 Å². The van der Waals surface area contributed by atoms with Crippen LogP contribution in [0.5, 0.6) is 11.5 Å². The second-order valence-electron chi connectivity index (χ2n) is 8.77. The average Bonchev–Trinajstić information content (AvgIpc) is 2.85. The molecule has 1 heterocycles. The van der Waals surface area contributed by atoms with Gasteiger partial charge in [-0.3, -0.25) is 0 Å². The van der Waals surface area contributed by atoms with Crippen molar-refractivity contribution in [3.05, 3.63) is 72.8 Å². The molecule has 179 valence electrons. The van der Waals surface area contributed by atoms with E-state index in [4.69, 9.17) is 24.2 Å². The Morgan fingerprint density at radius 1 is 0.912 bits per heavy atom. The van der Waals surface area contributed by atoms with Crippen molar-refractivity contribution >= 4 is 7.85 Å². The Morgan fingerprint density at radius 3 is 2.21 bits per heavy atom. The molecule has 5 radical (unpaired) electrons. The van der Waals surface area contributed by atoms with Gasteiger partial charge in [-0.05, 0) is 41.3 Å². The van der Waals surface area contributed by atoms with Gasteiger partial charge >= 0.3 is 0 Å². The molecule has 2 atom stereocenters. The molecule has 0 saturated carbocycles. The molecular weight excluding hydrogens is 597 g/mol. The van der Waals surface area contributed by atoms with Crippen molar-refractivity contribution in [3.63, 3.8) is 0 Å². The monoisotopic (exact) mass is 631 g/mol. The van der Waals surface area contributed by atoms with E-state index < -0.39 is 0 Å². The average molecular weight is 631 g/mol. The van der Waals surface area contributed by atoms with Crippen molar-refractivity contribution in [1.82, 2.24) is 4.98 Å². The summed E-state index contributed by atoms with van der Waals surface area (Å²) in [6.07, 6.45) is 2.52. The van der Waals surface area contributed by atoms with Gasteiger partial charge in [-0.15, -0.1) is 34.9 Å². The van der Waals surface area contributed by atoms with Crippen LogP contribution in [0.25, 0.3) is 22.4 Å². The first-order valence-electron chi connectivity index (χ1n) is 11.8. The molecule has 34 heavy (non-hydrogen) atoms. The minimum atomic E-state index is 0. The summed E-state index contributed by atoms with van der Waals surface area (Å²) in [7, 11) is 5.98. The van der Waals surface area contributed by atoms with E-state index in [1.807, 2.05) is 18.2 Å². The van der Waals surface area contributed by atoms with Gasteiger partial charge in [0.25, 0.3) is 0 Å². The maximum atomic E-state index is 6.22. The first kappa shape index (κ1) is 28.1. The van der Waals surface area contributed by atoms with Crippen molar-refractivity contribution in [3.8, 4) is 33.9 Å². The minimum absolute atomic E-state index is 0. The normalized spacial score (nSPS) is 12.5. The number of benzene rings is 2. The van der Waals surface area contributed by atoms with E-state index in [2.05, 4.69) is 63.0 Å². The minimum Gasteiger partial charge on any atom is -0.489 e. The largest absolute Gasteiger partial charge is 0.489 e. The molecule has 2 unspecified atom stereocenters. The Hall–Kier alpha value is -2.10. The number of hydrogen-bond acceptors (Lipinski definition) is 3. The zero-order valence-electron chi connectivity index (χ0n) is 20.6. The fourth-order valence-corrected chi connectivity index (χ4v) is 3.27. The maximum absolute atomic E-state index is 6.22. The van der Waals surface area contributed by atoms with Crippen LogP contribution in [0.4, 0.5) is 0 Å². The molecule has 2 aromatic carbocycles. The van der Waals surface area contributed by atoms with E-state index >= 15 is 0 Å². The third kappa shape index (κ3) is 7.72. The zero-order valence-corrected chi connectivity index (χ0v) is 23.0. The second kappa shape index (κ2) is 13.7. The van der Waals surface area contributed by atoms with E-state index in [0.717, 1.165) is 52.3 Å². The molecule has 0 aliphatic heterocycles. The van der Waals surface area contributed by atoms with Crippen LogP contribution in [0.1, 0.15) is 51.8 Å². The first-order chi connectivity index (χ1) is 15.9. The van der Waals surface area contributed by atoms with E-state index in [-0.39, 0.29) is 20.1 Å². The van der Waals surface area contributed by atoms with E-state index in [9.17, 15) is 0 Å². The number of ether oxygens (including phenoxy) is 2. The first-order valence-corrected chi connectivity index (χ1v) is 11.8. The fraction of sp³-hybridized carbons (Fsp3) is 0.379. The van der Waals surface area contributed by atoms with Crippen LogP contribution in [0.15, 0.2) is 48.5 Å². The van der Waals surface area contributed by atoms with Gasteiger partial charge in [0.2, 0.25) is 0 Å². The van der Waals surface area contributed by atoms with E-state index in [0.29, 0.717) is 37.1 Å². The summed E-state index contributed by atoms with van der Waals surface area (Å²) in [5.41, 5.74) is 5.07. The third-order valence-corrected chi connectivity index (χ3v) is 5.91. The van der Waals surface area contributed by atoms with Gasteiger partial charge in [0.15, 0.2) is 11.5 Å². The Labute approximate surface area is 220 Å². The van der Waals surface area contributed by atoms with Crippen LogP contribution in [0.2, 0.25) is 0 Å². The maximum Gasteiger partial charge on any atom is 0.161 e. The third-order valence-electron chi connectivity index (χ3n) is 5.91. The van der Waals surface area contributed by atoms with Crippen molar-refractivity contribution < 1.29 is 29.6 Å². The van der Waals surface area contributed by atoms with Gasteiger partial charge in [-0.1, -0.05) is 65.1 Å². The molecule has 0 aliphatic carbocycles. The topological polar surface area (TPSA) is 31.4 Å². The SMILES string of the molecule is [B]Cc1[c-]c(-c2cccc([CH])n2)cc(-c2ccc(OCC(C)CC)c(OCC(C)CC)c2)c1.[Ir]. The predicted molar refractivity (Wildman–Crippen MR) is 137 cm³/mol. The summed E-state index contributed by atoms with van der Waals surface area (Å²) in [5.74, 6) is 2.49. The molecule has 3 rings (SSSR count). The Kier molecular flexibility index (Phi) is 11.3. The summed E-state index contributed by atoms with van der Waals surface area (Å²) in [6.45, 7) is 15.9. The molecule has 3 nitrogen and oxygen atoms in total. The van der Waals surface area contributed by atoms with Crippen molar-refractivity contribution in [2.75, 3.05) is 13.2 Å². The summed E-state index contributed by atoms with van der Waals surface area (Å²) in [5, 5.41) is 0. The van der Waals surface area contributed by atoms with Gasteiger partial charge in [-0.25, -0.2) is 0 Å². The Morgan fingerprint density at radius 2 is 1.59 bits per heavy atom. The molecule has 0 N–H and O–H groups in total. The van der Waals surface area contributed by atoms with Gasteiger partial charge in [0.1, 0.15) is 0 Å². The smallest absolute Gasteiger partial charge is 0.161 e. The predicted octanol–water partition coefficient (Wildman–Crippen LogP) is 6.79. The summed E-state index contributed by atoms with van der Waals surface area (Å²) in [4.78, 5) is 4.45. The molecule has 0 fully saturated rings. The molecule has 3 aromatic rings. The zero-order chi connectivity index (χ0) is 23.8. The van der Waals surface area contributed by atoms with Gasteiger partial charge < -0.3 is 14.5 Å². The van der Waals surface area contributed by atoms with Crippen LogP contribution < -0.4 is 9.47 Å². The molecule has 0 aliphatic rings. The summed E-state index contributed by atoms with van der Waals surface area (Å²) < 4.78 is 12.3. The van der Waals surface area contributed by atoms with Gasteiger partial charge in [0, 0.05) is 32.7 Å². The molecule has 1 aromatic heterocycles. The molecular formula is C29H33BIrNO2-. The van der Waals surface area contributed by atoms with Crippen molar-refractivity contribution in [2.45, 2.75) is 46.9 Å². The fourth-order valence-electron chi connectivity index (χ4n) is 3.27. The van der Waals surface area contributed by atoms with Crippen molar-refractivity contribution in [2.24, 2.45) is 11.8 Å². The molecule has 0 amide bonds. The number of hydrogen-bond donors (Lipinski definition) is 0. The molecule has 0 saturated heterocycles.